The number of carbonyl (C=O) groups excluding carboxylic acids is 1. The molecule has 2 aromatic rings. The van der Waals surface area contributed by atoms with Crippen molar-refractivity contribution in [2.24, 2.45) is 0 Å². The Labute approximate surface area is 121 Å². The summed E-state index contributed by atoms with van der Waals surface area (Å²) in [5.41, 5.74) is 7.18. The first-order valence-corrected chi connectivity index (χ1v) is 7.10. The van der Waals surface area contributed by atoms with E-state index in [0.717, 1.165) is 11.3 Å². The van der Waals surface area contributed by atoms with Crippen LogP contribution in [0.3, 0.4) is 0 Å². The van der Waals surface area contributed by atoms with Crippen LogP contribution in [0.5, 0.6) is 5.75 Å². The molecule has 0 aliphatic carbocycles. The number of methoxy groups -OCH3 is 1. The van der Waals surface area contributed by atoms with E-state index in [1.807, 2.05) is 31.2 Å². The van der Waals surface area contributed by atoms with Gasteiger partial charge in [0.05, 0.1) is 25.3 Å². The number of nitrogens with two attached hydrogens (primary N) is 1. The van der Waals surface area contributed by atoms with E-state index in [1.54, 1.807) is 12.5 Å². The van der Waals surface area contributed by atoms with Gasteiger partial charge in [-0.25, -0.2) is 4.98 Å². The van der Waals surface area contributed by atoms with Crippen molar-refractivity contribution in [3.8, 4) is 5.75 Å². The van der Waals surface area contributed by atoms with Crippen molar-refractivity contribution in [3.63, 3.8) is 0 Å². The van der Waals surface area contributed by atoms with Gasteiger partial charge in [0.25, 0.3) is 0 Å². The summed E-state index contributed by atoms with van der Waals surface area (Å²) in [6.45, 7) is 1.92. The number of thiazole rings is 1. The fourth-order valence-corrected chi connectivity index (χ4v) is 2.53. The number of anilines is 1. The van der Waals surface area contributed by atoms with Gasteiger partial charge in [0.1, 0.15) is 5.75 Å². The fourth-order valence-electron chi connectivity index (χ4n) is 1.96. The summed E-state index contributed by atoms with van der Waals surface area (Å²) in [7, 11) is 1.62. The molecule has 1 atom stereocenters. The van der Waals surface area contributed by atoms with Gasteiger partial charge >= 0.3 is 0 Å². The summed E-state index contributed by atoms with van der Waals surface area (Å²) in [6, 6.07) is 7.50. The van der Waals surface area contributed by atoms with E-state index in [1.165, 1.54) is 11.3 Å². The van der Waals surface area contributed by atoms with Crippen LogP contribution in [-0.4, -0.2) is 18.0 Å². The SMILES string of the molecule is COc1ccccc1[C@H](C)NC(=O)Cc1csc(N)n1. The summed E-state index contributed by atoms with van der Waals surface area (Å²) < 4.78 is 5.29. The van der Waals surface area contributed by atoms with Crippen molar-refractivity contribution in [1.82, 2.24) is 10.3 Å². The lowest BCUT2D eigenvalue weighted by Gasteiger charge is -2.16. The number of nitrogen functional groups attached to an aromatic ring is 1. The molecule has 1 amide bonds. The number of nitrogens with one attached hydrogen (secondary N) is 1. The van der Waals surface area contributed by atoms with Crippen LogP contribution in [0, 0.1) is 0 Å². The maximum Gasteiger partial charge on any atom is 0.226 e. The molecule has 2 rings (SSSR count). The predicted octanol–water partition coefficient (Wildman–Crippen LogP) is 2.15. The number of amides is 1. The van der Waals surface area contributed by atoms with E-state index in [9.17, 15) is 4.79 Å². The minimum absolute atomic E-state index is 0.0892. The van der Waals surface area contributed by atoms with E-state index in [2.05, 4.69) is 10.3 Å². The molecule has 0 aliphatic rings. The summed E-state index contributed by atoms with van der Waals surface area (Å²) in [6.07, 6.45) is 0.229. The van der Waals surface area contributed by atoms with E-state index in [-0.39, 0.29) is 18.4 Å². The molecule has 1 aromatic heterocycles. The zero-order valence-corrected chi connectivity index (χ0v) is 12.2. The summed E-state index contributed by atoms with van der Waals surface area (Å²) in [5.74, 6) is 0.673. The summed E-state index contributed by atoms with van der Waals surface area (Å²) >= 11 is 1.33. The lowest BCUT2D eigenvalue weighted by Crippen LogP contribution is -2.28. The molecule has 0 saturated carbocycles. The third-order valence-electron chi connectivity index (χ3n) is 2.89. The Bertz CT molecular complexity index is 598. The molecule has 0 bridgehead atoms. The van der Waals surface area contributed by atoms with Gasteiger partial charge in [0.15, 0.2) is 5.13 Å². The zero-order chi connectivity index (χ0) is 14.5. The summed E-state index contributed by atoms with van der Waals surface area (Å²) in [4.78, 5) is 16.1. The molecule has 20 heavy (non-hydrogen) atoms. The average molecular weight is 291 g/mol. The molecule has 0 spiro atoms. The topological polar surface area (TPSA) is 77.2 Å². The quantitative estimate of drug-likeness (QED) is 0.885. The standard InChI is InChI=1S/C14H17N3O2S/c1-9(11-5-3-4-6-12(11)19-2)16-13(18)7-10-8-20-14(15)17-10/h3-6,8-9H,7H2,1-2H3,(H2,15,17)(H,16,18)/t9-/m0/s1. The van der Waals surface area contributed by atoms with Gasteiger partial charge in [-0.2, -0.15) is 0 Å². The number of nitrogens with zero attached hydrogens (tertiary/aromatic N) is 1. The molecular weight excluding hydrogens is 274 g/mol. The van der Waals surface area contributed by atoms with Crippen molar-refractivity contribution < 1.29 is 9.53 Å². The molecule has 5 nitrogen and oxygen atoms in total. The number of aromatic nitrogens is 1. The van der Waals surface area contributed by atoms with Crippen LogP contribution in [0.4, 0.5) is 5.13 Å². The second-order valence-corrected chi connectivity index (χ2v) is 5.27. The van der Waals surface area contributed by atoms with Gasteiger partial charge in [-0.1, -0.05) is 18.2 Å². The molecular formula is C14H17N3O2S. The van der Waals surface area contributed by atoms with Gasteiger partial charge in [-0.3, -0.25) is 4.79 Å². The van der Waals surface area contributed by atoms with Gasteiger partial charge in [-0.05, 0) is 13.0 Å². The van der Waals surface area contributed by atoms with E-state index in [0.29, 0.717) is 10.8 Å². The lowest BCUT2D eigenvalue weighted by molar-refractivity contribution is -0.121. The number of hydrogen-bond donors (Lipinski definition) is 2. The second kappa shape index (κ2) is 6.38. The maximum atomic E-state index is 12.0. The molecule has 3 N–H and O–H groups in total. The largest absolute Gasteiger partial charge is 0.496 e. The number of ether oxygens (including phenoxy) is 1. The highest BCUT2D eigenvalue weighted by Gasteiger charge is 2.14. The van der Waals surface area contributed by atoms with Crippen molar-refractivity contribution in [3.05, 3.63) is 40.9 Å². The second-order valence-electron chi connectivity index (χ2n) is 4.39. The van der Waals surface area contributed by atoms with Gasteiger partial charge in [0.2, 0.25) is 5.91 Å². The monoisotopic (exact) mass is 291 g/mol. The van der Waals surface area contributed by atoms with Crippen LogP contribution in [-0.2, 0) is 11.2 Å². The minimum atomic E-state index is -0.130. The third kappa shape index (κ3) is 3.48. The van der Waals surface area contributed by atoms with Crippen LogP contribution in [0.2, 0.25) is 0 Å². The van der Waals surface area contributed by atoms with Crippen LogP contribution >= 0.6 is 11.3 Å². The number of hydrogen-bond acceptors (Lipinski definition) is 5. The van der Waals surface area contributed by atoms with Gasteiger partial charge in [0, 0.05) is 10.9 Å². The Balaban J connectivity index is 2.00. The van der Waals surface area contributed by atoms with Crippen molar-refractivity contribution in [2.45, 2.75) is 19.4 Å². The predicted molar refractivity (Wildman–Crippen MR) is 79.8 cm³/mol. The Hall–Kier alpha value is -2.08. The molecule has 106 valence electrons. The van der Waals surface area contributed by atoms with Crippen LogP contribution < -0.4 is 15.8 Å². The highest BCUT2D eigenvalue weighted by Crippen LogP contribution is 2.24. The van der Waals surface area contributed by atoms with Crippen LogP contribution in [0.15, 0.2) is 29.6 Å². The Morgan fingerprint density at radius 3 is 2.90 bits per heavy atom. The van der Waals surface area contributed by atoms with Crippen LogP contribution in [0.25, 0.3) is 0 Å². The zero-order valence-electron chi connectivity index (χ0n) is 11.4. The lowest BCUT2D eigenvalue weighted by atomic mass is 10.1. The molecule has 1 aromatic carbocycles. The molecule has 0 aliphatic heterocycles. The third-order valence-corrected chi connectivity index (χ3v) is 3.62. The minimum Gasteiger partial charge on any atom is -0.496 e. The molecule has 0 unspecified atom stereocenters. The maximum absolute atomic E-state index is 12.0. The Morgan fingerprint density at radius 1 is 1.50 bits per heavy atom. The van der Waals surface area contributed by atoms with Crippen LogP contribution in [0.1, 0.15) is 24.2 Å². The van der Waals surface area contributed by atoms with Crippen molar-refractivity contribution >= 4 is 22.4 Å². The number of benzene rings is 1. The smallest absolute Gasteiger partial charge is 0.226 e. The Kier molecular flexibility index (Phi) is 4.57. The van der Waals surface area contributed by atoms with Crippen molar-refractivity contribution in [1.29, 1.82) is 0 Å². The first-order valence-electron chi connectivity index (χ1n) is 6.22. The molecule has 0 fully saturated rings. The first kappa shape index (κ1) is 14.3. The molecule has 0 saturated heterocycles. The van der Waals surface area contributed by atoms with Gasteiger partial charge in [-0.15, -0.1) is 11.3 Å². The first-order chi connectivity index (χ1) is 9.60. The fraction of sp³-hybridized carbons (Fsp3) is 0.286. The summed E-state index contributed by atoms with van der Waals surface area (Å²) in [5, 5.41) is 5.21. The number of para-hydroxylation sites is 1. The van der Waals surface area contributed by atoms with E-state index >= 15 is 0 Å². The molecule has 1 heterocycles. The normalized spacial score (nSPS) is 11.9. The van der Waals surface area contributed by atoms with Crippen molar-refractivity contribution in [2.75, 3.05) is 12.8 Å². The van der Waals surface area contributed by atoms with E-state index < -0.39 is 0 Å². The van der Waals surface area contributed by atoms with E-state index in [4.69, 9.17) is 10.5 Å². The average Bonchev–Trinajstić information content (AvgIpc) is 2.83. The number of rotatable bonds is 5. The highest BCUT2D eigenvalue weighted by atomic mass is 32.1. The molecule has 6 heteroatoms. The molecule has 0 radical (unpaired) electrons. The Morgan fingerprint density at radius 2 is 2.25 bits per heavy atom. The number of carbonyl (C=O) groups is 1. The highest BCUT2D eigenvalue weighted by molar-refractivity contribution is 7.13. The van der Waals surface area contributed by atoms with Gasteiger partial charge < -0.3 is 15.8 Å².